The molecule has 1 aliphatic rings. The molecule has 1 amide bonds. The fourth-order valence-electron chi connectivity index (χ4n) is 3.07. The minimum absolute atomic E-state index is 0.00807. The lowest BCUT2D eigenvalue weighted by Crippen LogP contribution is -2.35. The summed E-state index contributed by atoms with van der Waals surface area (Å²) in [5, 5.41) is 3.13. The normalized spacial score (nSPS) is 19.4. The zero-order valence-corrected chi connectivity index (χ0v) is 15.1. The van der Waals surface area contributed by atoms with E-state index in [9.17, 15) is 13.2 Å². The molecular formula is C17H19ClN2O3S. The maximum atomic E-state index is 12.5. The van der Waals surface area contributed by atoms with Gasteiger partial charge in [0.15, 0.2) is 9.84 Å². The lowest BCUT2D eigenvalue weighted by molar-refractivity contribution is 0.0941. The van der Waals surface area contributed by atoms with E-state index in [0.29, 0.717) is 17.0 Å². The zero-order valence-electron chi connectivity index (χ0n) is 13.5. The van der Waals surface area contributed by atoms with Crippen molar-refractivity contribution in [1.29, 1.82) is 0 Å². The number of nitrogens with one attached hydrogen (secondary N) is 1. The quantitative estimate of drug-likeness (QED) is 0.908. The van der Waals surface area contributed by atoms with Crippen LogP contribution < -0.4 is 5.32 Å². The summed E-state index contributed by atoms with van der Waals surface area (Å²) in [5.41, 5.74) is 3.32. The Labute approximate surface area is 146 Å². The molecule has 3 rings (SSSR count). The summed E-state index contributed by atoms with van der Waals surface area (Å²) >= 11 is 6.19. The van der Waals surface area contributed by atoms with Gasteiger partial charge in [0, 0.05) is 23.1 Å². The first-order valence-corrected chi connectivity index (χ1v) is 9.93. The number of halogens is 1. The van der Waals surface area contributed by atoms with E-state index in [-0.39, 0.29) is 23.5 Å². The van der Waals surface area contributed by atoms with Gasteiger partial charge in [-0.15, -0.1) is 0 Å². The predicted octanol–water partition coefficient (Wildman–Crippen LogP) is 2.66. The predicted molar refractivity (Wildman–Crippen MR) is 94.8 cm³/mol. The highest BCUT2D eigenvalue weighted by molar-refractivity contribution is 7.91. The number of amides is 1. The van der Waals surface area contributed by atoms with Crippen LogP contribution in [0.25, 0.3) is 5.69 Å². The van der Waals surface area contributed by atoms with Gasteiger partial charge in [-0.2, -0.15) is 0 Å². The average molecular weight is 367 g/mol. The average Bonchev–Trinajstić information content (AvgIpc) is 3.02. The first kappa shape index (κ1) is 17.0. The van der Waals surface area contributed by atoms with E-state index >= 15 is 0 Å². The van der Waals surface area contributed by atoms with Gasteiger partial charge in [0.05, 0.1) is 22.1 Å². The summed E-state index contributed by atoms with van der Waals surface area (Å²) in [4.78, 5) is 12.5. The highest BCUT2D eigenvalue weighted by Gasteiger charge is 2.29. The molecule has 0 radical (unpaired) electrons. The van der Waals surface area contributed by atoms with Crippen LogP contribution in [0.4, 0.5) is 0 Å². The summed E-state index contributed by atoms with van der Waals surface area (Å²) in [5.74, 6) is -0.231. The third kappa shape index (κ3) is 3.35. The lowest BCUT2D eigenvalue weighted by Gasteiger charge is -2.14. The van der Waals surface area contributed by atoms with Crippen LogP contribution in [0.15, 0.2) is 30.3 Å². The fraction of sp³-hybridized carbons (Fsp3) is 0.353. The van der Waals surface area contributed by atoms with Crippen molar-refractivity contribution in [3.8, 4) is 5.69 Å². The molecule has 1 atom stereocenters. The maximum Gasteiger partial charge on any atom is 0.253 e. The molecule has 1 saturated heterocycles. The van der Waals surface area contributed by atoms with Gasteiger partial charge in [-0.3, -0.25) is 4.79 Å². The lowest BCUT2D eigenvalue weighted by atomic mass is 10.1. The molecule has 7 heteroatoms. The first-order valence-electron chi connectivity index (χ1n) is 7.73. The van der Waals surface area contributed by atoms with E-state index in [1.807, 2.05) is 36.6 Å². The molecule has 24 heavy (non-hydrogen) atoms. The second-order valence-corrected chi connectivity index (χ2v) is 8.82. The van der Waals surface area contributed by atoms with Crippen molar-refractivity contribution >= 4 is 27.3 Å². The van der Waals surface area contributed by atoms with Crippen molar-refractivity contribution < 1.29 is 13.2 Å². The molecule has 2 heterocycles. The van der Waals surface area contributed by atoms with Crippen LogP contribution in [-0.4, -0.2) is 36.4 Å². The number of aryl methyl sites for hydroxylation is 2. The van der Waals surface area contributed by atoms with E-state index < -0.39 is 9.84 Å². The van der Waals surface area contributed by atoms with Gasteiger partial charge in [0.1, 0.15) is 0 Å². The van der Waals surface area contributed by atoms with E-state index in [4.69, 9.17) is 11.6 Å². The largest absolute Gasteiger partial charge is 0.348 e. The minimum atomic E-state index is -3.04. The molecule has 1 aliphatic heterocycles. The third-order valence-corrected chi connectivity index (χ3v) is 6.39. The van der Waals surface area contributed by atoms with Crippen molar-refractivity contribution in [2.45, 2.75) is 26.3 Å². The molecular weight excluding hydrogens is 348 g/mol. The molecule has 1 fully saturated rings. The number of rotatable bonds is 3. The van der Waals surface area contributed by atoms with Crippen molar-refractivity contribution in [2.75, 3.05) is 11.5 Å². The van der Waals surface area contributed by atoms with Gasteiger partial charge >= 0.3 is 0 Å². The first-order chi connectivity index (χ1) is 11.3. The molecule has 1 aromatic carbocycles. The van der Waals surface area contributed by atoms with Crippen LogP contribution in [-0.2, 0) is 9.84 Å². The van der Waals surface area contributed by atoms with Crippen LogP contribution in [0, 0.1) is 13.8 Å². The van der Waals surface area contributed by atoms with E-state index in [1.165, 1.54) is 0 Å². The Morgan fingerprint density at radius 3 is 2.46 bits per heavy atom. The maximum absolute atomic E-state index is 12.5. The third-order valence-electron chi connectivity index (χ3n) is 4.29. The molecule has 1 N–H and O–H groups in total. The molecule has 1 unspecified atom stereocenters. The number of nitrogens with zero attached hydrogens (tertiary/aromatic N) is 1. The van der Waals surface area contributed by atoms with Gasteiger partial charge in [0.25, 0.3) is 5.91 Å². The molecule has 2 aromatic rings. The molecule has 5 nitrogen and oxygen atoms in total. The molecule has 1 aromatic heterocycles. The Kier molecular flexibility index (Phi) is 4.44. The van der Waals surface area contributed by atoms with Crippen LogP contribution in [0.2, 0.25) is 5.02 Å². The SMILES string of the molecule is Cc1ccc(C)n1-c1ccc(Cl)c(C(=O)NC2CCS(=O)(=O)C2)c1. The summed E-state index contributed by atoms with van der Waals surface area (Å²) in [7, 11) is -3.04. The Hall–Kier alpha value is -1.79. The monoisotopic (exact) mass is 366 g/mol. The second kappa shape index (κ2) is 6.26. The van der Waals surface area contributed by atoms with Crippen molar-refractivity contribution in [1.82, 2.24) is 9.88 Å². The second-order valence-electron chi connectivity index (χ2n) is 6.19. The van der Waals surface area contributed by atoms with Gasteiger partial charge in [-0.25, -0.2) is 8.42 Å². The van der Waals surface area contributed by atoms with Gasteiger partial charge < -0.3 is 9.88 Å². The highest BCUT2D eigenvalue weighted by atomic mass is 35.5. The van der Waals surface area contributed by atoms with Crippen LogP contribution >= 0.6 is 11.6 Å². The van der Waals surface area contributed by atoms with Gasteiger partial charge in [-0.1, -0.05) is 11.6 Å². The molecule has 0 spiro atoms. The van der Waals surface area contributed by atoms with E-state index in [0.717, 1.165) is 17.1 Å². The van der Waals surface area contributed by atoms with Crippen molar-refractivity contribution in [2.24, 2.45) is 0 Å². The van der Waals surface area contributed by atoms with Crippen molar-refractivity contribution in [3.63, 3.8) is 0 Å². The number of benzene rings is 1. The van der Waals surface area contributed by atoms with Crippen molar-refractivity contribution in [3.05, 3.63) is 52.3 Å². The number of sulfone groups is 1. The Balaban J connectivity index is 1.88. The fourth-order valence-corrected chi connectivity index (χ4v) is 4.95. The molecule has 0 bridgehead atoms. The smallest absolute Gasteiger partial charge is 0.253 e. The Bertz CT molecular complexity index is 883. The Morgan fingerprint density at radius 1 is 1.21 bits per heavy atom. The van der Waals surface area contributed by atoms with Crippen LogP contribution in [0.5, 0.6) is 0 Å². The van der Waals surface area contributed by atoms with Gasteiger partial charge in [0.2, 0.25) is 0 Å². The number of aromatic nitrogens is 1. The van der Waals surface area contributed by atoms with E-state index in [2.05, 4.69) is 5.32 Å². The summed E-state index contributed by atoms with van der Waals surface area (Å²) < 4.78 is 25.1. The molecule has 0 aliphatic carbocycles. The van der Waals surface area contributed by atoms with E-state index in [1.54, 1.807) is 12.1 Å². The van der Waals surface area contributed by atoms with Crippen LogP contribution in [0.1, 0.15) is 28.2 Å². The number of hydrogen-bond acceptors (Lipinski definition) is 3. The number of carbonyl (C=O) groups excluding carboxylic acids is 1. The highest BCUT2D eigenvalue weighted by Crippen LogP contribution is 2.23. The topological polar surface area (TPSA) is 68.2 Å². The number of carbonyl (C=O) groups is 1. The summed E-state index contributed by atoms with van der Waals surface area (Å²) in [6, 6.07) is 8.95. The minimum Gasteiger partial charge on any atom is -0.348 e. The summed E-state index contributed by atoms with van der Waals surface area (Å²) in [6.45, 7) is 3.98. The molecule has 128 valence electrons. The number of hydrogen-bond donors (Lipinski definition) is 1. The molecule has 0 saturated carbocycles. The zero-order chi connectivity index (χ0) is 17.5. The Morgan fingerprint density at radius 2 is 1.88 bits per heavy atom. The van der Waals surface area contributed by atoms with Gasteiger partial charge in [-0.05, 0) is 50.6 Å². The summed E-state index contributed by atoms with van der Waals surface area (Å²) in [6.07, 6.45) is 0.446. The van der Waals surface area contributed by atoms with Crippen LogP contribution in [0.3, 0.4) is 0 Å². The standard InChI is InChI=1S/C17H19ClN2O3S/c1-11-3-4-12(2)20(11)14-5-6-16(18)15(9-14)17(21)19-13-7-8-24(22,23)10-13/h3-6,9,13H,7-8,10H2,1-2H3,(H,19,21).